The zero-order valence-corrected chi connectivity index (χ0v) is 19.9. The van der Waals surface area contributed by atoms with E-state index in [0.717, 1.165) is 12.0 Å². The number of aromatic nitrogens is 1. The highest BCUT2D eigenvalue weighted by Gasteiger charge is 2.26. The fraction of sp³-hybridized carbons (Fsp3) is 0.455. The van der Waals surface area contributed by atoms with Gasteiger partial charge in [0.2, 0.25) is 0 Å². The molecule has 34 heavy (non-hydrogen) atoms. The van der Waals surface area contributed by atoms with Crippen LogP contribution in [0.3, 0.4) is 0 Å². The first-order chi connectivity index (χ1) is 16.5. The summed E-state index contributed by atoms with van der Waals surface area (Å²) in [5.41, 5.74) is 10.0. The van der Waals surface area contributed by atoms with E-state index in [1.807, 2.05) is 25.1 Å². The summed E-state index contributed by atoms with van der Waals surface area (Å²) < 4.78 is 44.0. The molecule has 0 radical (unpaired) electrons. The van der Waals surface area contributed by atoms with Crippen molar-refractivity contribution < 1.29 is 22.6 Å². The Balaban J connectivity index is 1.91. The third-order valence-corrected chi connectivity index (χ3v) is 6.38. The highest BCUT2D eigenvalue weighted by molar-refractivity contribution is 7.92. The fourth-order valence-corrected chi connectivity index (χ4v) is 4.20. The molecule has 11 nitrogen and oxygen atoms in total. The average Bonchev–Trinajstić information content (AvgIpc) is 2.87. The molecular weight excluding hydrogens is 460 g/mol. The van der Waals surface area contributed by atoms with E-state index in [4.69, 9.17) is 25.0 Å². The highest BCUT2D eigenvalue weighted by atomic mass is 32.2. The van der Waals surface area contributed by atoms with Crippen LogP contribution >= 0.6 is 0 Å². The number of hydrogen-bond acceptors (Lipinski definition) is 8. The maximum absolute atomic E-state index is 13.3. The third-order valence-electron chi connectivity index (χ3n) is 4.63. The molecule has 12 heteroatoms. The number of pyridine rings is 1. The van der Waals surface area contributed by atoms with Crippen LogP contribution in [0.1, 0.15) is 18.1 Å². The summed E-state index contributed by atoms with van der Waals surface area (Å²) in [5.74, 6) is 0. The monoisotopic (exact) mass is 488 g/mol. The molecule has 0 fully saturated rings. The van der Waals surface area contributed by atoms with Crippen molar-refractivity contribution in [3.8, 4) is 6.07 Å². The van der Waals surface area contributed by atoms with Gasteiger partial charge in [0.05, 0.1) is 57.4 Å². The molecule has 0 saturated heterocycles. The maximum atomic E-state index is 13.3. The summed E-state index contributed by atoms with van der Waals surface area (Å²) >= 11 is 0. The molecule has 1 aromatic carbocycles. The second-order valence-electron chi connectivity index (χ2n) is 6.89. The summed E-state index contributed by atoms with van der Waals surface area (Å²) in [4.78, 5) is 6.59. The first-order valence-electron chi connectivity index (χ1n) is 10.7. The highest BCUT2D eigenvalue weighted by Crippen LogP contribution is 2.23. The number of aryl methyl sites for hydroxylation is 1. The van der Waals surface area contributed by atoms with Crippen LogP contribution in [0.4, 0.5) is 5.69 Å². The number of benzene rings is 1. The van der Waals surface area contributed by atoms with Gasteiger partial charge in [-0.05, 0) is 41.8 Å². The molecule has 0 aliphatic rings. The lowest BCUT2D eigenvalue weighted by Gasteiger charge is -2.24. The van der Waals surface area contributed by atoms with E-state index in [9.17, 15) is 8.42 Å². The van der Waals surface area contributed by atoms with Crippen molar-refractivity contribution in [1.29, 1.82) is 5.26 Å². The number of azide groups is 1. The van der Waals surface area contributed by atoms with Gasteiger partial charge in [0.1, 0.15) is 6.07 Å². The molecule has 0 saturated carbocycles. The van der Waals surface area contributed by atoms with Crippen LogP contribution in [0.5, 0.6) is 0 Å². The minimum absolute atomic E-state index is 0.0814. The summed E-state index contributed by atoms with van der Waals surface area (Å²) in [5, 5.41) is 12.2. The molecule has 0 aliphatic heterocycles. The minimum atomic E-state index is -3.96. The third kappa shape index (κ3) is 8.62. The van der Waals surface area contributed by atoms with Gasteiger partial charge in [0.15, 0.2) is 5.03 Å². The molecular formula is C22H28N6O5S. The lowest BCUT2D eigenvalue weighted by molar-refractivity contribution is 0.0176. The summed E-state index contributed by atoms with van der Waals surface area (Å²) in [7, 11) is -3.96. The quantitative estimate of drug-likeness (QED) is 0.152. The second-order valence-corrected chi connectivity index (χ2v) is 8.69. The fourth-order valence-electron chi connectivity index (χ4n) is 2.84. The Kier molecular flexibility index (Phi) is 11.8. The Labute approximate surface area is 199 Å². The average molecular weight is 489 g/mol. The molecule has 0 bridgehead atoms. The Hall–Kier alpha value is -3.20. The van der Waals surface area contributed by atoms with E-state index >= 15 is 0 Å². The van der Waals surface area contributed by atoms with Crippen LogP contribution < -0.4 is 4.31 Å². The van der Waals surface area contributed by atoms with E-state index in [1.165, 1.54) is 22.6 Å². The van der Waals surface area contributed by atoms with Gasteiger partial charge in [-0.15, -0.1) is 0 Å². The Morgan fingerprint density at radius 3 is 2.24 bits per heavy atom. The Morgan fingerprint density at radius 1 is 1.03 bits per heavy atom. The van der Waals surface area contributed by atoms with Gasteiger partial charge >= 0.3 is 0 Å². The van der Waals surface area contributed by atoms with Crippen LogP contribution in [0, 0.1) is 11.3 Å². The zero-order valence-electron chi connectivity index (χ0n) is 19.0. The topological polar surface area (TPSA) is 151 Å². The van der Waals surface area contributed by atoms with Crippen LogP contribution in [0.2, 0.25) is 0 Å². The van der Waals surface area contributed by atoms with E-state index in [0.29, 0.717) is 32.1 Å². The number of sulfonamides is 1. The largest absolute Gasteiger partial charge is 0.379 e. The van der Waals surface area contributed by atoms with Crippen molar-refractivity contribution in [2.24, 2.45) is 5.11 Å². The van der Waals surface area contributed by atoms with E-state index in [2.05, 4.69) is 15.0 Å². The molecule has 182 valence electrons. The second kappa shape index (κ2) is 14.8. The molecule has 1 heterocycles. The van der Waals surface area contributed by atoms with Crippen LogP contribution in [-0.2, 0) is 30.7 Å². The number of ether oxygens (including phenoxy) is 3. The minimum Gasteiger partial charge on any atom is -0.379 e. The summed E-state index contributed by atoms with van der Waals surface area (Å²) in [6, 6.07) is 12.0. The smallest absolute Gasteiger partial charge is 0.281 e. The molecule has 0 amide bonds. The first kappa shape index (κ1) is 27.0. The van der Waals surface area contributed by atoms with Crippen LogP contribution in [0.15, 0.2) is 52.7 Å². The molecule has 2 aromatic rings. The Morgan fingerprint density at radius 2 is 1.68 bits per heavy atom. The molecule has 0 N–H and O–H groups in total. The molecule has 0 aliphatic carbocycles. The number of nitrogens with zero attached hydrogens (tertiary/aromatic N) is 6. The van der Waals surface area contributed by atoms with Crippen LogP contribution in [-0.4, -0.2) is 66.1 Å². The number of nitriles is 1. The van der Waals surface area contributed by atoms with Gasteiger partial charge in [-0.2, -0.15) is 13.7 Å². The lowest BCUT2D eigenvalue weighted by atomic mass is 10.1. The van der Waals surface area contributed by atoms with Crippen molar-refractivity contribution >= 4 is 15.7 Å². The van der Waals surface area contributed by atoms with Gasteiger partial charge < -0.3 is 14.2 Å². The van der Waals surface area contributed by atoms with Crippen molar-refractivity contribution in [1.82, 2.24) is 4.98 Å². The van der Waals surface area contributed by atoms with Gasteiger partial charge in [0, 0.05) is 17.7 Å². The lowest BCUT2D eigenvalue weighted by Crippen LogP contribution is -2.35. The predicted molar refractivity (Wildman–Crippen MR) is 126 cm³/mol. The molecule has 0 unspecified atom stereocenters. The first-order valence-corrected chi connectivity index (χ1v) is 12.2. The van der Waals surface area contributed by atoms with Gasteiger partial charge in [-0.25, -0.2) is 4.98 Å². The van der Waals surface area contributed by atoms with Crippen LogP contribution in [0.25, 0.3) is 10.4 Å². The Bertz CT molecular complexity index is 1060. The molecule has 1 aromatic heterocycles. The maximum Gasteiger partial charge on any atom is 0.281 e. The predicted octanol–water partition coefficient (Wildman–Crippen LogP) is 3.07. The van der Waals surface area contributed by atoms with Gasteiger partial charge in [-0.1, -0.05) is 24.2 Å². The molecule has 0 spiro atoms. The standard InChI is InChI=1S/C22H28N6O5S/c1-2-19-3-6-21(7-4-19)28(34(29,30)22-8-5-20(17-23)18-25-22)10-12-32-14-16-33-15-13-31-11-9-26-27-24/h3-8,18H,2,9-16H2,1H3. The van der Waals surface area contributed by atoms with Crippen molar-refractivity contribution in [3.63, 3.8) is 0 Å². The number of rotatable bonds is 16. The van der Waals surface area contributed by atoms with E-state index in [1.54, 1.807) is 12.1 Å². The van der Waals surface area contributed by atoms with Crippen molar-refractivity contribution in [2.75, 3.05) is 57.0 Å². The van der Waals surface area contributed by atoms with Gasteiger partial charge in [-0.3, -0.25) is 4.31 Å². The summed E-state index contributed by atoms with van der Waals surface area (Å²) in [6.45, 7) is 4.22. The number of anilines is 1. The molecule has 0 atom stereocenters. The van der Waals surface area contributed by atoms with E-state index in [-0.39, 0.29) is 36.9 Å². The van der Waals surface area contributed by atoms with Crippen molar-refractivity contribution in [3.05, 3.63) is 64.2 Å². The summed E-state index contributed by atoms with van der Waals surface area (Å²) in [6.07, 6.45) is 2.08. The molecule has 2 rings (SSSR count). The van der Waals surface area contributed by atoms with Gasteiger partial charge in [0.25, 0.3) is 10.0 Å². The normalized spacial score (nSPS) is 10.9. The SMILES string of the molecule is CCc1ccc(N(CCOCCOCCOCCN=[N+]=[N-])S(=O)(=O)c2ccc(C#N)cn2)cc1. The zero-order chi connectivity index (χ0) is 24.7. The van der Waals surface area contributed by atoms with Crippen molar-refractivity contribution in [2.45, 2.75) is 18.4 Å². The number of hydrogen-bond donors (Lipinski definition) is 0. The van der Waals surface area contributed by atoms with E-state index < -0.39 is 10.0 Å².